The molecule has 0 fully saturated rings. The van der Waals surface area contributed by atoms with E-state index in [2.05, 4.69) is 0 Å². The van der Waals surface area contributed by atoms with E-state index in [0.29, 0.717) is 11.5 Å². The van der Waals surface area contributed by atoms with Crippen LogP contribution in [-0.4, -0.2) is 54.5 Å². The molecule has 0 aliphatic carbocycles. The van der Waals surface area contributed by atoms with Crippen LogP contribution in [0.1, 0.15) is 20.3 Å². The lowest BCUT2D eigenvalue weighted by molar-refractivity contribution is -0.152. The first-order valence-corrected chi connectivity index (χ1v) is 8.26. The maximum atomic E-state index is 11.7. The zero-order valence-electron chi connectivity index (χ0n) is 10.6. The molecule has 0 saturated carbocycles. The molecule has 6 nitrogen and oxygen atoms in total. The van der Waals surface area contributed by atoms with Crippen molar-refractivity contribution in [3.05, 3.63) is 0 Å². The van der Waals surface area contributed by atoms with Crippen LogP contribution in [0.4, 0.5) is 0 Å². The van der Waals surface area contributed by atoms with Crippen LogP contribution in [0, 0.1) is 5.41 Å². The van der Waals surface area contributed by atoms with E-state index in [4.69, 9.17) is 14.4 Å². The normalized spacial score (nSPS) is 12.4. The molecular weight excluding hydrogens is 280 g/mol. The van der Waals surface area contributed by atoms with E-state index in [0.717, 1.165) is 0 Å². The highest BCUT2D eigenvalue weighted by Crippen LogP contribution is 2.23. The molecule has 0 aliphatic heterocycles. The van der Waals surface area contributed by atoms with Crippen molar-refractivity contribution in [3.63, 3.8) is 0 Å². The van der Waals surface area contributed by atoms with Gasteiger partial charge in [0.15, 0.2) is 0 Å². The van der Waals surface area contributed by atoms with Crippen molar-refractivity contribution in [1.82, 2.24) is 0 Å². The van der Waals surface area contributed by atoms with E-state index in [-0.39, 0.29) is 19.6 Å². The van der Waals surface area contributed by atoms with E-state index < -0.39 is 27.3 Å². The fraction of sp³-hybridized carbons (Fsp3) is 0.900. The lowest BCUT2D eigenvalue weighted by Gasteiger charge is -2.21. The van der Waals surface area contributed by atoms with Crippen molar-refractivity contribution >= 4 is 27.8 Å². The second kappa shape index (κ2) is 7.98. The largest absolute Gasteiger partial charge is 0.465 e. The minimum absolute atomic E-state index is 0.0350. The lowest BCUT2D eigenvalue weighted by atomic mass is 9.97. The number of rotatable bonds is 9. The molecule has 0 atom stereocenters. The number of carbonyl (C=O) groups is 1. The van der Waals surface area contributed by atoms with E-state index in [1.807, 2.05) is 0 Å². The van der Waals surface area contributed by atoms with Crippen LogP contribution in [0.2, 0.25) is 0 Å². The van der Waals surface area contributed by atoms with Gasteiger partial charge >= 0.3 is 5.97 Å². The summed E-state index contributed by atoms with van der Waals surface area (Å²) < 4.78 is 34.3. The van der Waals surface area contributed by atoms with E-state index in [1.54, 1.807) is 13.8 Å². The molecule has 0 heterocycles. The number of hydrogen-bond acceptors (Lipinski definition) is 6. The molecule has 0 bridgehead atoms. The van der Waals surface area contributed by atoms with Crippen LogP contribution in [-0.2, 0) is 19.6 Å². The van der Waals surface area contributed by atoms with Gasteiger partial charge in [0.2, 0.25) is 0 Å². The van der Waals surface area contributed by atoms with Gasteiger partial charge in [0.1, 0.15) is 0 Å². The minimum atomic E-state index is -4.00. The van der Waals surface area contributed by atoms with Gasteiger partial charge in [0.05, 0.1) is 24.4 Å². The monoisotopic (exact) mass is 300 g/mol. The molecule has 0 radical (unpaired) electrons. The van der Waals surface area contributed by atoms with Gasteiger partial charge in [0.25, 0.3) is 10.1 Å². The Balaban J connectivity index is 3.92. The van der Waals surface area contributed by atoms with Crippen molar-refractivity contribution in [3.8, 4) is 0 Å². The van der Waals surface area contributed by atoms with Crippen LogP contribution >= 0.6 is 11.8 Å². The van der Waals surface area contributed by atoms with Gasteiger partial charge in [0, 0.05) is 11.5 Å². The third-order valence-corrected chi connectivity index (χ3v) is 4.23. The second-order valence-electron chi connectivity index (χ2n) is 4.44. The molecule has 0 saturated heterocycles. The Morgan fingerprint density at radius 3 is 2.50 bits per heavy atom. The Labute approximate surface area is 112 Å². The predicted octanol–water partition coefficient (Wildman–Crippen LogP) is 0.559. The number of hydrogen-bond donors (Lipinski definition) is 2. The third-order valence-electron chi connectivity index (χ3n) is 2.03. The van der Waals surface area contributed by atoms with E-state index in [9.17, 15) is 13.2 Å². The number of ether oxygens (including phenoxy) is 1. The first-order valence-electron chi connectivity index (χ1n) is 5.50. The summed E-state index contributed by atoms with van der Waals surface area (Å²) in [5, 5.41) is 8.63. The summed E-state index contributed by atoms with van der Waals surface area (Å²) in [7, 11) is -4.00. The van der Waals surface area contributed by atoms with Crippen molar-refractivity contribution in [2.45, 2.75) is 20.3 Å². The summed E-state index contributed by atoms with van der Waals surface area (Å²) in [6, 6.07) is 0. The second-order valence-corrected chi connectivity index (χ2v) is 7.11. The molecule has 0 aliphatic rings. The fourth-order valence-electron chi connectivity index (χ4n) is 1.05. The van der Waals surface area contributed by atoms with Gasteiger partial charge in [-0.2, -0.15) is 20.2 Å². The maximum absolute atomic E-state index is 11.7. The van der Waals surface area contributed by atoms with Crippen LogP contribution in [0.15, 0.2) is 0 Å². The number of thioether (sulfide) groups is 1. The van der Waals surface area contributed by atoms with E-state index in [1.165, 1.54) is 11.8 Å². The highest BCUT2D eigenvalue weighted by atomic mass is 32.2. The molecule has 0 rings (SSSR count). The molecule has 8 heteroatoms. The number of carbonyl (C=O) groups excluding carboxylic acids is 1. The van der Waals surface area contributed by atoms with E-state index >= 15 is 0 Å². The molecular formula is C10H20O6S2. The Morgan fingerprint density at radius 1 is 1.39 bits per heavy atom. The molecule has 108 valence electrons. The van der Waals surface area contributed by atoms with Gasteiger partial charge in [-0.05, 0) is 20.3 Å². The highest BCUT2D eigenvalue weighted by Gasteiger charge is 2.29. The number of aliphatic hydroxyl groups is 1. The van der Waals surface area contributed by atoms with Gasteiger partial charge in [-0.25, -0.2) is 0 Å². The predicted molar refractivity (Wildman–Crippen MR) is 70.2 cm³/mol. The Hall–Kier alpha value is -0.310. The Bertz CT molecular complexity index is 349. The third kappa shape index (κ3) is 8.73. The maximum Gasteiger partial charge on any atom is 0.312 e. The molecule has 0 spiro atoms. The van der Waals surface area contributed by atoms with Crippen LogP contribution in [0.5, 0.6) is 0 Å². The lowest BCUT2D eigenvalue weighted by Crippen LogP contribution is -2.30. The van der Waals surface area contributed by atoms with Crippen molar-refractivity contribution in [1.29, 1.82) is 0 Å². The van der Waals surface area contributed by atoms with Crippen LogP contribution in [0.3, 0.4) is 0 Å². The quantitative estimate of drug-likeness (QED) is 0.364. The van der Waals surface area contributed by atoms with Crippen molar-refractivity contribution < 1.29 is 27.6 Å². The summed E-state index contributed by atoms with van der Waals surface area (Å²) in [4.78, 5) is 11.7. The summed E-state index contributed by atoms with van der Waals surface area (Å²) in [5.41, 5.74) is -0.683. The first-order chi connectivity index (χ1) is 8.19. The molecule has 0 amide bonds. The molecule has 2 N–H and O–H groups in total. The molecule has 0 aromatic heterocycles. The van der Waals surface area contributed by atoms with Crippen LogP contribution < -0.4 is 0 Å². The van der Waals surface area contributed by atoms with Crippen molar-refractivity contribution in [2.24, 2.45) is 5.41 Å². The average molecular weight is 300 g/mol. The standard InChI is InChI=1S/C10H20O6S2/c1-10(2,8-17-6-4-11)9(12)16-5-3-7-18(13,14)15/h11H,3-8H2,1-2H3,(H,13,14,15). The molecule has 18 heavy (non-hydrogen) atoms. The van der Waals surface area contributed by atoms with Gasteiger partial charge in [-0.3, -0.25) is 9.35 Å². The summed E-state index contributed by atoms with van der Waals surface area (Å²) in [6.45, 7) is 3.47. The summed E-state index contributed by atoms with van der Waals surface area (Å²) >= 11 is 1.45. The molecule has 0 unspecified atom stereocenters. The smallest absolute Gasteiger partial charge is 0.312 e. The summed E-state index contributed by atoms with van der Waals surface area (Å²) in [6.07, 6.45) is 0.0738. The summed E-state index contributed by atoms with van der Waals surface area (Å²) in [5.74, 6) is 0.243. The first kappa shape index (κ1) is 17.7. The minimum Gasteiger partial charge on any atom is -0.465 e. The molecule has 0 aromatic rings. The average Bonchev–Trinajstić information content (AvgIpc) is 2.23. The SMILES string of the molecule is CC(C)(CSCCO)C(=O)OCCCS(=O)(=O)O. The van der Waals surface area contributed by atoms with Crippen LogP contribution in [0.25, 0.3) is 0 Å². The number of aliphatic hydroxyl groups excluding tert-OH is 1. The van der Waals surface area contributed by atoms with Gasteiger partial charge < -0.3 is 9.84 Å². The highest BCUT2D eigenvalue weighted by molar-refractivity contribution is 7.99. The Morgan fingerprint density at radius 2 is 2.00 bits per heavy atom. The van der Waals surface area contributed by atoms with Crippen molar-refractivity contribution in [2.75, 3.05) is 30.5 Å². The fourth-order valence-corrected chi connectivity index (χ4v) is 2.44. The zero-order valence-corrected chi connectivity index (χ0v) is 12.2. The Kier molecular flexibility index (Phi) is 7.84. The van der Waals surface area contributed by atoms with Gasteiger partial charge in [-0.1, -0.05) is 0 Å². The molecule has 0 aromatic carbocycles. The number of esters is 1. The topological polar surface area (TPSA) is 101 Å². The zero-order chi connectivity index (χ0) is 14.2. The van der Waals surface area contributed by atoms with Gasteiger partial charge in [-0.15, -0.1) is 0 Å².